The topological polar surface area (TPSA) is 44.0 Å². The first-order valence-corrected chi connectivity index (χ1v) is 3.33. The van der Waals surface area contributed by atoms with Crippen molar-refractivity contribution in [3.05, 3.63) is 0 Å². The Kier molecular flexibility index (Phi) is 4.08. The summed E-state index contributed by atoms with van der Waals surface area (Å²) >= 11 is 0. The Morgan fingerprint density at radius 3 is 2.11 bits per heavy atom. The van der Waals surface area contributed by atoms with Crippen molar-refractivity contribution in [1.82, 2.24) is 0 Å². The second-order valence-corrected chi connectivity index (χ2v) is 2.12. The first kappa shape index (κ1) is 8.45. The van der Waals surface area contributed by atoms with Gasteiger partial charge in [0.25, 0.3) is 0 Å². The van der Waals surface area contributed by atoms with Crippen LogP contribution in [0.15, 0.2) is 0 Å². The lowest BCUT2D eigenvalue weighted by Crippen LogP contribution is -2.16. The van der Waals surface area contributed by atoms with Crippen LogP contribution in [-0.4, -0.2) is 11.2 Å². The molecule has 1 N–H and O–H groups in total. The molecular weight excluding hydrogens is 114 g/mol. The zero-order chi connectivity index (χ0) is 7.28. The predicted octanol–water partition coefficient (Wildman–Crippen LogP) is 1.31. The lowest BCUT2D eigenvalue weighted by molar-refractivity contribution is 0.127. The van der Waals surface area contributed by atoms with E-state index in [0.717, 1.165) is 6.42 Å². The Morgan fingerprint density at radius 1 is 1.44 bits per heavy atom. The van der Waals surface area contributed by atoms with E-state index in [1.165, 1.54) is 0 Å². The summed E-state index contributed by atoms with van der Waals surface area (Å²) in [6.07, 6.45) is 0.984. The average Bonchev–Trinajstić information content (AvgIpc) is 1.90. The molecule has 0 amide bonds. The fourth-order valence-electron chi connectivity index (χ4n) is 0.734. The highest BCUT2D eigenvalue weighted by Gasteiger charge is 2.13. The van der Waals surface area contributed by atoms with E-state index in [1.807, 2.05) is 13.8 Å². The van der Waals surface area contributed by atoms with Crippen LogP contribution in [0, 0.1) is 17.2 Å². The molecule has 0 heterocycles. The number of hydrogen-bond acceptors (Lipinski definition) is 2. The molecule has 0 saturated heterocycles. The third-order valence-electron chi connectivity index (χ3n) is 1.49. The lowest BCUT2D eigenvalue weighted by Gasteiger charge is -2.10. The molecule has 0 aromatic carbocycles. The summed E-state index contributed by atoms with van der Waals surface area (Å²) < 4.78 is 0. The van der Waals surface area contributed by atoms with Gasteiger partial charge in [0.1, 0.15) is 0 Å². The van der Waals surface area contributed by atoms with E-state index < -0.39 is 6.10 Å². The molecule has 2 atom stereocenters. The van der Waals surface area contributed by atoms with Gasteiger partial charge in [-0.1, -0.05) is 13.8 Å². The fraction of sp³-hybridized carbons (Fsp3) is 0.857. The van der Waals surface area contributed by atoms with Crippen molar-refractivity contribution in [2.24, 2.45) is 5.92 Å². The third-order valence-corrected chi connectivity index (χ3v) is 1.49. The summed E-state index contributed by atoms with van der Waals surface area (Å²) in [4.78, 5) is 0. The highest BCUT2D eigenvalue weighted by atomic mass is 16.3. The van der Waals surface area contributed by atoms with Crippen molar-refractivity contribution in [2.75, 3.05) is 0 Å². The van der Waals surface area contributed by atoms with Gasteiger partial charge in [-0.05, 0) is 12.8 Å². The zero-order valence-electron chi connectivity index (χ0n) is 5.96. The van der Waals surface area contributed by atoms with Gasteiger partial charge in [0.15, 0.2) is 0 Å². The highest BCUT2D eigenvalue weighted by molar-refractivity contribution is 4.86. The molecule has 0 aliphatic rings. The summed E-state index contributed by atoms with van der Waals surface area (Å²) in [5.74, 6) is -0.171. The Bertz CT molecular complexity index is 106. The molecule has 0 fully saturated rings. The van der Waals surface area contributed by atoms with E-state index in [1.54, 1.807) is 0 Å². The van der Waals surface area contributed by atoms with Crippen molar-refractivity contribution in [3.8, 4) is 6.07 Å². The van der Waals surface area contributed by atoms with Crippen LogP contribution in [0.25, 0.3) is 0 Å². The van der Waals surface area contributed by atoms with Crippen LogP contribution in [0.2, 0.25) is 0 Å². The Labute approximate surface area is 56.1 Å². The van der Waals surface area contributed by atoms with Gasteiger partial charge in [-0.2, -0.15) is 5.26 Å². The van der Waals surface area contributed by atoms with Gasteiger partial charge >= 0.3 is 0 Å². The second-order valence-electron chi connectivity index (χ2n) is 2.12. The first-order valence-electron chi connectivity index (χ1n) is 3.33. The summed E-state index contributed by atoms with van der Waals surface area (Å²) in [5.41, 5.74) is 0. The van der Waals surface area contributed by atoms with Crippen molar-refractivity contribution in [1.29, 1.82) is 5.26 Å². The molecule has 2 nitrogen and oxygen atoms in total. The molecule has 0 bridgehead atoms. The van der Waals surface area contributed by atoms with Crippen molar-refractivity contribution in [3.63, 3.8) is 0 Å². The SMILES string of the molecule is CC[C@H](O)[C@@H](C#N)CC. The highest BCUT2D eigenvalue weighted by Crippen LogP contribution is 2.09. The van der Waals surface area contributed by atoms with Crippen LogP contribution in [-0.2, 0) is 0 Å². The minimum atomic E-state index is -0.431. The zero-order valence-corrected chi connectivity index (χ0v) is 5.96. The van der Waals surface area contributed by atoms with E-state index in [2.05, 4.69) is 6.07 Å². The Morgan fingerprint density at radius 2 is 2.00 bits per heavy atom. The number of nitrogens with zero attached hydrogens (tertiary/aromatic N) is 1. The van der Waals surface area contributed by atoms with E-state index in [4.69, 9.17) is 10.4 Å². The van der Waals surface area contributed by atoms with Gasteiger partial charge in [0, 0.05) is 0 Å². The molecule has 2 heteroatoms. The molecular formula is C7H13NO. The average molecular weight is 127 g/mol. The van der Waals surface area contributed by atoms with Crippen LogP contribution in [0.4, 0.5) is 0 Å². The monoisotopic (exact) mass is 127 g/mol. The van der Waals surface area contributed by atoms with Crippen LogP contribution in [0.3, 0.4) is 0 Å². The molecule has 0 aliphatic heterocycles. The summed E-state index contributed by atoms with van der Waals surface area (Å²) in [6.45, 7) is 3.79. The summed E-state index contributed by atoms with van der Waals surface area (Å²) in [5, 5.41) is 17.5. The Balaban J connectivity index is 3.68. The number of aliphatic hydroxyl groups is 1. The van der Waals surface area contributed by atoms with E-state index in [0.29, 0.717) is 6.42 Å². The molecule has 0 rings (SSSR count). The molecule has 9 heavy (non-hydrogen) atoms. The van der Waals surface area contributed by atoms with Gasteiger partial charge in [0.2, 0.25) is 0 Å². The number of hydrogen-bond donors (Lipinski definition) is 1. The third kappa shape index (κ3) is 2.48. The predicted molar refractivity (Wildman–Crippen MR) is 35.7 cm³/mol. The molecule has 52 valence electrons. The number of aliphatic hydroxyl groups excluding tert-OH is 1. The molecule has 0 aromatic heterocycles. The molecule has 0 aromatic rings. The largest absolute Gasteiger partial charge is 0.392 e. The number of rotatable bonds is 3. The summed E-state index contributed by atoms with van der Waals surface area (Å²) in [7, 11) is 0. The van der Waals surface area contributed by atoms with Crippen LogP contribution in [0.1, 0.15) is 26.7 Å². The lowest BCUT2D eigenvalue weighted by atomic mass is 10.00. The maximum Gasteiger partial charge on any atom is 0.0720 e. The van der Waals surface area contributed by atoms with Gasteiger partial charge in [-0.25, -0.2) is 0 Å². The van der Waals surface area contributed by atoms with Gasteiger partial charge in [-0.15, -0.1) is 0 Å². The molecule has 0 aliphatic carbocycles. The maximum absolute atomic E-state index is 9.10. The minimum absolute atomic E-state index is 0.171. The van der Waals surface area contributed by atoms with E-state index in [-0.39, 0.29) is 5.92 Å². The maximum atomic E-state index is 9.10. The van der Waals surface area contributed by atoms with Gasteiger partial charge in [-0.3, -0.25) is 0 Å². The smallest absolute Gasteiger partial charge is 0.0720 e. The molecule has 0 radical (unpaired) electrons. The number of nitriles is 1. The normalized spacial score (nSPS) is 16.2. The first-order chi connectivity index (χ1) is 4.26. The van der Waals surface area contributed by atoms with E-state index >= 15 is 0 Å². The molecule has 0 unspecified atom stereocenters. The molecule has 0 spiro atoms. The van der Waals surface area contributed by atoms with Crippen LogP contribution in [0.5, 0.6) is 0 Å². The van der Waals surface area contributed by atoms with Gasteiger partial charge in [0.05, 0.1) is 18.1 Å². The quantitative estimate of drug-likeness (QED) is 0.621. The van der Waals surface area contributed by atoms with Crippen LogP contribution < -0.4 is 0 Å². The van der Waals surface area contributed by atoms with Crippen molar-refractivity contribution >= 4 is 0 Å². The van der Waals surface area contributed by atoms with Gasteiger partial charge < -0.3 is 5.11 Å². The summed E-state index contributed by atoms with van der Waals surface area (Å²) in [6, 6.07) is 2.05. The molecule has 0 saturated carbocycles. The second kappa shape index (κ2) is 4.34. The minimum Gasteiger partial charge on any atom is -0.392 e. The van der Waals surface area contributed by atoms with Crippen LogP contribution >= 0.6 is 0 Å². The van der Waals surface area contributed by atoms with Crippen molar-refractivity contribution < 1.29 is 5.11 Å². The Hall–Kier alpha value is -0.550. The van der Waals surface area contributed by atoms with Crippen molar-refractivity contribution in [2.45, 2.75) is 32.8 Å². The standard InChI is InChI=1S/C7H13NO/c1-3-6(5-8)7(9)4-2/h6-7,9H,3-4H2,1-2H3/t6-,7+/m1/s1. The van der Waals surface area contributed by atoms with E-state index in [9.17, 15) is 0 Å². The fourth-order valence-corrected chi connectivity index (χ4v) is 0.734.